The number of fused-ring (bicyclic) bond motifs is 5. The molecule has 4 heterocycles. The Morgan fingerprint density at radius 1 is 0.479 bits per heavy atom. The summed E-state index contributed by atoms with van der Waals surface area (Å²) in [6.07, 6.45) is 0. The van der Waals surface area contributed by atoms with Crippen LogP contribution in [0.2, 0.25) is 0 Å². The first-order valence-electron chi connectivity index (χ1n) is 16.8. The summed E-state index contributed by atoms with van der Waals surface area (Å²) in [6.45, 7) is 16.4. The monoisotopic (exact) mass is 686 g/mol. The van der Waals surface area contributed by atoms with E-state index in [0.29, 0.717) is 12.1 Å². The summed E-state index contributed by atoms with van der Waals surface area (Å²) in [6, 6.07) is 43.5. The van der Waals surface area contributed by atoms with Gasteiger partial charge in [0, 0.05) is 62.7 Å². The zero-order chi connectivity index (χ0) is 32.6. The van der Waals surface area contributed by atoms with E-state index < -0.39 is 0 Å². The van der Waals surface area contributed by atoms with Crippen LogP contribution < -0.4 is 9.80 Å². The molecule has 7 rings (SSSR count). The molecule has 7 heteroatoms. The van der Waals surface area contributed by atoms with Gasteiger partial charge in [-0.3, -0.25) is 19.8 Å². The van der Waals surface area contributed by atoms with E-state index in [1.165, 1.54) is 22.5 Å². The fourth-order valence-electron chi connectivity index (χ4n) is 6.14. The second-order valence-electron chi connectivity index (χ2n) is 13.1. The van der Waals surface area contributed by atoms with Gasteiger partial charge in [0.05, 0.1) is 22.8 Å². The molecule has 4 bridgehead atoms. The van der Waals surface area contributed by atoms with Crippen LogP contribution in [0.3, 0.4) is 0 Å². The first-order valence-corrected chi connectivity index (χ1v) is 16.8. The molecule has 6 nitrogen and oxygen atoms in total. The van der Waals surface area contributed by atoms with Gasteiger partial charge in [-0.2, -0.15) is 6.67 Å². The summed E-state index contributed by atoms with van der Waals surface area (Å²) < 4.78 is 0. The Kier molecular flexibility index (Phi) is 12.4. The van der Waals surface area contributed by atoms with Crippen LogP contribution in [0.1, 0.15) is 61.6 Å². The zero-order valence-corrected chi connectivity index (χ0v) is 29.4. The van der Waals surface area contributed by atoms with Crippen LogP contribution in [0.25, 0.3) is 0 Å². The van der Waals surface area contributed by atoms with Crippen LogP contribution in [-0.2, 0) is 56.3 Å². The van der Waals surface area contributed by atoms with Gasteiger partial charge in [-0.1, -0.05) is 84.9 Å². The fourth-order valence-corrected chi connectivity index (χ4v) is 6.14. The van der Waals surface area contributed by atoms with Crippen molar-refractivity contribution in [3.05, 3.63) is 162 Å². The molecule has 2 aliphatic rings. The molecule has 3 aromatic carbocycles. The Hall–Kier alpha value is -4.00. The van der Waals surface area contributed by atoms with Crippen LogP contribution in [0.5, 0.6) is 0 Å². The topological polar surface area (TPSA) is 38.7 Å². The SMILES string of the molecule is CC(C)N1Cc2cccc(n2)CN(C(C)C)Cc2cccc(n2)C1.[Cu+2].c1ccc(CN2[CH-]N(Cc3ccccc3)c3ccccc32)cc1. The molecule has 2 aromatic heterocycles. The standard InChI is InChI=1S/C21H19N2.C20H28N4.Cu/c1-3-9-18(10-4-1)15-22-17-23(16-19-11-5-2-6-12-19)21-14-8-7-13-20(21)22;1-15(2)23-11-17-7-5-9-19(21-17)13-24(16(3)4)14-20-10-6-8-18(12-23)22-20;/h1-14,17H,15-16H2;5-10,15-16H,11-14H2,1-4H3;/q-1;;+2. The Morgan fingerprint density at radius 3 is 1.15 bits per heavy atom. The quantitative estimate of drug-likeness (QED) is 0.132. The molecule has 0 fully saturated rings. The molecule has 0 spiro atoms. The Bertz CT molecular complexity index is 1540. The van der Waals surface area contributed by atoms with Crippen LogP contribution >= 0.6 is 0 Å². The third-order valence-corrected chi connectivity index (χ3v) is 8.82. The van der Waals surface area contributed by atoms with E-state index in [-0.39, 0.29) is 17.1 Å². The van der Waals surface area contributed by atoms with Crippen molar-refractivity contribution in [1.29, 1.82) is 0 Å². The molecule has 0 atom stereocenters. The van der Waals surface area contributed by atoms with Crippen molar-refractivity contribution in [1.82, 2.24) is 19.8 Å². The molecular weight excluding hydrogens is 640 g/mol. The van der Waals surface area contributed by atoms with Gasteiger partial charge in [-0.15, -0.1) is 0 Å². The van der Waals surface area contributed by atoms with Crippen LogP contribution in [-0.4, -0.2) is 31.9 Å². The normalized spacial score (nSPS) is 14.8. The van der Waals surface area contributed by atoms with Gasteiger partial charge in [0.2, 0.25) is 0 Å². The number of para-hydroxylation sites is 2. The fraction of sp³-hybridized carbons (Fsp3) is 0.293. The Balaban J connectivity index is 0.000000184. The summed E-state index contributed by atoms with van der Waals surface area (Å²) in [5, 5.41) is 0. The van der Waals surface area contributed by atoms with E-state index in [9.17, 15) is 0 Å². The third-order valence-electron chi connectivity index (χ3n) is 8.82. The smallest absolute Gasteiger partial charge is 0.498 e. The second kappa shape index (κ2) is 16.9. The number of pyridine rings is 2. The van der Waals surface area contributed by atoms with Crippen molar-refractivity contribution in [2.24, 2.45) is 0 Å². The average Bonchev–Trinajstić information content (AvgIpc) is 3.41. The number of rotatable bonds is 6. The van der Waals surface area contributed by atoms with Crippen molar-refractivity contribution in [2.45, 2.75) is 79.0 Å². The maximum Gasteiger partial charge on any atom is 2.00 e. The molecule has 0 unspecified atom stereocenters. The molecule has 0 amide bonds. The number of anilines is 2. The van der Waals surface area contributed by atoms with E-state index >= 15 is 0 Å². The first-order chi connectivity index (χ1) is 22.9. The molecule has 0 N–H and O–H groups in total. The average molecular weight is 687 g/mol. The van der Waals surface area contributed by atoms with Gasteiger partial charge in [-0.05, 0) is 75.2 Å². The van der Waals surface area contributed by atoms with E-state index in [0.717, 1.165) is 62.0 Å². The van der Waals surface area contributed by atoms with Crippen molar-refractivity contribution in [3.63, 3.8) is 0 Å². The molecule has 5 aromatic rings. The Labute approximate surface area is 297 Å². The van der Waals surface area contributed by atoms with E-state index in [4.69, 9.17) is 9.97 Å². The predicted molar refractivity (Wildman–Crippen MR) is 193 cm³/mol. The number of aromatic nitrogens is 2. The van der Waals surface area contributed by atoms with Gasteiger partial charge in [0.1, 0.15) is 0 Å². The van der Waals surface area contributed by atoms with Gasteiger partial charge < -0.3 is 9.80 Å². The largest absolute Gasteiger partial charge is 2.00 e. The molecule has 0 aliphatic carbocycles. The second-order valence-corrected chi connectivity index (χ2v) is 13.1. The van der Waals surface area contributed by atoms with Crippen molar-refractivity contribution < 1.29 is 17.1 Å². The van der Waals surface area contributed by atoms with Crippen LogP contribution in [0.15, 0.2) is 121 Å². The molecule has 0 saturated heterocycles. The third kappa shape index (κ3) is 9.33. The minimum Gasteiger partial charge on any atom is -0.498 e. The zero-order valence-electron chi connectivity index (χ0n) is 28.5. The summed E-state index contributed by atoms with van der Waals surface area (Å²) >= 11 is 0. The number of hydrogen-bond donors (Lipinski definition) is 0. The predicted octanol–water partition coefficient (Wildman–Crippen LogP) is 8.44. The van der Waals surface area contributed by atoms with Crippen LogP contribution in [0.4, 0.5) is 11.4 Å². The minimum atomic E-state index is 0. The molecule has 1 radical (unpaired) electrons. The van der Waals surface area contributed by atoms with Crippen molar-refractivity contribution in [3.8, 4) is 0 Å². The summed E-state index contributed by atoms with van der Waals surface area (Å²) in [5.74, 6) is 0. The minimum absolute atomic E-state index is 0. The summed E-state index contributed by atoms with van der Waals surface area (Å²) in [7, 11) is 0. The van der Waals surface area contributed by atoms with Crippen molar-refractivity contribution in [2.75, 3.05) is 9.80 Å². The maximum atomic E-state index is 4.90. The van der Waals surface area contributed by atoms with Crippen molar-refractivity contribution >= 4 is 11.4 Å². The molecular formula is C41H47CuN6+. The summed E-state index contributed by atoms with van der Waals surface area (Å²) in [4.78, 5) is 19.3. The number of nitrogens with zero attached hydrogens (tertiary/aromatic N) is 6. The van der Waals surface area contributed by atoms with E-state index in [2.05, 4.69) is 175 Å². The van der Waals surface area contributed by atoms with Gasteiger partial charge in [0.25, 0.3) is 0 Å². The Morgan fingerprint density at radius 2 is 0.812 bits per heavy atom. The first kappa shape index (κ1) is 35.3. The molecule has 48 heavy (non-hydrogen) atoms. The van der Waals surface area contributed by atoms with Gasteiger partial charge in [0.15, 0.2) is 0 Å². The molecule has 0 saturated carbocycles. The van der Waals surface area contributed by atoms with Gasteiger partial charge >= 0.3 is 17.1 Å². The van der Waals surface area contributed by atoms with Gasteiger partial charge in [-0.25, -0.2) is 0 Å². The molecule has 2 aliphatic heterocycles. The van der Waals surface area contributed by atoms with Crippen LogP contribution in [0, 0.1) is 6.67 Å². The maximum absolute atomic E-state index is 4.90. The van der Waals surface area contributed by atoms with E-state index in [1.54, 1.807) is 0 Å². The summed E-state index contributed by atoms with van der Waals surface area (Å²) in [5.41, 5.74) is 9.74. The number of hydrogen-bond acceptors (Lipinski definition) is 6. The van der Waals surface area contributed by atoms with E-state index in [1.807, 2.05) is 0 Å². The molecule has 251 valence electrons. The number of benzene rings is 3.